The van der Waals surface area contributed by atoms with Gasteiger partial charge in [-0.1, -0.05) is 5.16 Å². The number of amides is 1. The van der Waals surface area contributed by atoms with Crippen LogP contribution in [0.1, 0.15) is 22.7 Å². The topological polar surface area (TPSA) is 94.3 Å². The van der Waals surface area contributed by atoms with E-state index in [9.17, 15) is 18.4 Å². The Morgan fingerprint density at radius 2 is 1.89 bits per heavy atom. The number of anilines is 1. The number of aromatic nitrogens is 2. The second-order valence-electron chi connectivity index (χ2n) is 5.75. The van der Waals surface area contributed by atoms with Crippen LogP contribution in [0.2, 0.25) is 0 Å². The molecule has 1 aromatic heterocycles. The van der Waals surface area contributed by atoms with Gasteiger partial charge in [-0.2, -0.15) is 4.98 Å². The normalized spacial score (nSPS) is 10.5. The molecule has 0 saturated carbocycles. The molecular weight excluding hydrogens is 372 g/mol. The van der Waals surface area contributed by atoms with Crippen molar-refractivity contribution in [3.8, 4) is 11.4 Å². The first-order valence-electron chi connectivity index (χ1n) is 8.22. The molecule has 144 valence electrons. The molecule has 0 fully saturated rings. The molecule has 9 heteroatoms. The van der Waals surface area contributed by atoms with Gasteiger partial charge in [0.2, 0.25) is 17.6 Å². The number of carbonyl (C=O) groups is 2. The minimum absolute atomic E-state index is 0.0487. The molecule has 0 unspecified atom stereocenters. The number of ether oxygens (including phenoxy) is 1. The molecule has 0 aliphatic carbocycles. The largest absolute Gasteiger partial charge is 0.465 e. The van der Waals surface area contributed by atoms with Gasteiger partial charge in [0, 0.05) is 18.4 Å². The molecule has 0 aliphatic heterocycles. The fraction of sp³-hybridized carbons (Fsp3) is 0.158. The van der Waals surface area contributed by atoms with Crippen LogP contribution in [0.25, 0.3) is 11.4 Å². The highest BCUT2D eigenvalue weighted by atomic mass is 19.1. The lowest BCUT2D eigenvalue weighted by Gasteiger charge is -2.07. The highest BCUT2D eigenvalue weighted by Gasteiger charge is 2.14. The Hall–Kier alpha value is -3.62. The molecule has 0 radical (unpaired) electrons. The van der Waals surface area contributed by atoms with Gasteiger partial charge in [-0.15, -0.1) is 0 Å². The number of nitrogens with one attached hydrogen (secondary N) is 1. The van der Waals surface area contributed by atoms with Crippen molar-refractivity contribution in [1.29, 1.82) is 0 Å². The van der Waals surface area contributed by atoms with Gasteiger partial charge < -0.3 is 14.6 Å². The van der Waals surface area contributed by atoms with Crippen molar-refractivity contribution in [3.05, 3.63) is 65.6 Å². The summed E-state index contributed by atoms with van der Waals surface area (Å²) >= 11 is 0. The predicted molar refractivity (Wildman–Crippen MR) is 94.4 cm³/mol. The third-order valence-corrected chi connectivity index (χ3v) is 3.80. The Labute approximate surface area is 158 Å². The summed E-state index contributed by atoms with van der Waals surface area (Å²) in [7, 11) is 1.20. The molecule has 0 aliphatic rings. The Kier molecular flexibility index (Phi) is 5.73. The molecule has 0 atom stereocenters. The van der Waals surface area contributed by atoms with Crippen LogP contribution in [0.3, 0.4) is 0 Å². The van der Waals surface area contributed by atoms with Gasteiger partial charge in [-0.25, -0.2) is 13.6 Å². The smallest absolute Gasteiger partial charge is 0.337 e. The number of carbonyl (C=O) groups excluding carboxylic acids is 2. The Balaban J connectivity index is 1.61. The molecule has 3 aromatic rings. The molecule has 1 N–H and O–H groups in total. The van der Waals surface area contributed by atoms with Crippen LogP contribution in [0.15, 0.2) is 47.0 Å². The van der Waals surface area contributed by atoms with Crippen molar-refractivity contribution in [2.24, 2.45) is 0 Å². The van der Waals surface area contributed by atoms with E-state index in [1.54, 1.807) is 0 Å². The maximum absolute atomic E-state index is 13.8. The van der Waals surface area contributed by atoms with Crippen molar-refractivity contribution in [2.45, 2.75) is 12.8 Å². The van der Waals surface area contributed by atoms with E-state index in [1.807, 2.05) is 0 Å². The SMILES string of the molecule is COC(=O)c1ccc(F)c(NC(=O)CCc2nc(-c3ccc(F)cc3)no2)c1. The first kappa shape index (κ1) is 19.2. The summed E-state index contributed by atoms with van der Waals surface area (Å²) in [6, 6.07) is 9.08. The van der Waals surface area contributed by atoms with Crippen molar-refractivity contribution in [1.82, 2.24) is 10.1 Å². The summed E-state index contributed by atoms with van der Waals surface area (Å²) < 4.78 is 36.4. The lowest BCUT2D eigenvalue weighted by Crippen LogP contribution is -2.14. The van der Waals surface area contributed by atoms with Crippen molar-refractivity contribution in [3.63, 3.8) is 0 Å². The molecule has 28 heavy (non-hydrogen) atoms. The fourth-order valence-electron chi connectivity index (χ4n) is 2.37. The number of nitrogens with zero attached hydrogens (tertiary/aromatic N) is 2. The van der Waals surface area contributed by atoms with Crippen LogP contribution in [0.5, 0.6) is 0 Å². The quantitative estimate of drug-likeness (QED) is 0.652. The number of benzene rings is 2. The number of halogens is 2. The van der Waals surface area contributed by atoms with Gasteiger partial charge in [0.05, 0.1) is 18.4 Å². The third kappa shape index (κ3) is 4.56. The minimum atomic E-state index is -0.683. The standard InChI is InChI=1S/C19H15F2N3O4/c1-27-19(26)12-4-7-14(21)15(10-12)22-16(25)8-9-17-23-18(24-28-17)11-2-5-13(20)6-3-11/h2-7,10H,8-9H2,1H3,(H,22,25). The number of aryl methyl sites for hydroxylation is 1. The summed E-state index contributed by atoms with van der Waals surface area (Å²) in [5.41, 5.74) is 0.549. The second kappa shape index (κ2) is 8.38. The Morgan fingerprint density at radius 1 is 1.14 bits per heavy atom. The van der Waals surface area contributed by atoms with E-state index in [1.165, 1.54) is 43.5 Å². The van der Waals surface area contributed by atoms with E-state index in [2.05, 4.69) is 20.2 Å². The zero-order chi connectivity index (χ0) is 20.1. The molecule has 1 amide bonds. The number of hydrogen-bond donors (Lipinski definition) is 1. The number of esters is 1. The highest BCUT2D eigenvalue weighted by Crippen LogP contribution is 2.19. The lowest BCUT2D eigenvalue weighted by molar-refractivity contribution is -0.116. The monoisotopic (exact) mass is 387 g/mol. The van der Waals surface area contributed by atoms with Gasteiger partial charge in [0.25, 0.3) is 0 Å². The number of rotatable bonds is 6. The maximum Gasteiger partial charge on any atom is 0.337 e. The van der Waals surface area contributed by atoms with E-state index in [0.717, 1.165) is 6.07 Å². The second-order valence-corrected chi connectivity index (χ2v) is 5.75. The van der Waals surface area contributed by atoms with Crippen molar-refractivity contribution >= 4 is 17.6 Å². The Bertz CT molecular complexity index is 1000. The van der Waals surface area contributed by atoms with Crippen LogP contribution in [0, 0.1) is 11.6 Å². The molecular formula is C19H15F2N3O4. The fourth-order valence-corrected chi connectivity index (χ4v) is 2.37. The van der Waals surface area contributed by atoms with Crippen molar-refractivity contribution in [2.75, 3.05) is 12.4 Å². The van der Waals surface area contributed by atoms with Crippen LogP contribution in [0.4, 0.5) is 14.5 Å². The first-order valence-corrected chi connectivity index (χ1v) is 8.22. The average Bonchev–Trinajstić information content (AvgIpc) is 3.17. The van der Waals surface area contributed by atoms with E-state index >= 15 is 0 Å². The van der Waals surface area contributed by atoms with Crippen LogP contribution in [-0.4, -0.2) is 29.1 Å². The van der Waals surface area contributed by atoms with Gasteiger partial charge in [0.1, 0.15) is 11.6 Å². The molecule has 3 rings (SSSR count). The summed E-state index contributed by atoms with van der Waals surface area (Å²) in [6.07, 6.45) is 0.0747. The summed E-state index contributed by atoms with van der Waals surface area (Å²) in [4.78, 5) is 27.7. The van der Waals surface area contributed by atoms with Crippen LogP contribution in [-0.2, 0) is 16.0 Å². The number of methoxy groups -OCH3 is 1. The lowest BCUT2D eigenvalue weighted by atomic mass is 10.2. The van der Waals surface area contributed by atoms with Crippen LogP contribution < -0.4 is 5.32 Å². The maximum atomic E-state index is 13.8. The van der Waals surface area contributed by atoms with Crippen LogP contribution >= 0.6 is 0 Å². The summed E-state index contributed by atoms with van der Waals surface area (Å²) in [5, 5.41) is 6.17. The zero-order valence-corrected chi connectivity index (χ0v) is 14.7. The predicted octanol–water partition coefficient (Wildman–Crippen LogP) is 3.37. The minimum Gasteiger partial charge on any atom is -0.465 e. The molecule has 0 saturated heterocycles. The van der Waals surface area contributed by atoms with E-state index in [0.29, 0.717) is 5.56 Å². The van der Waals surface area contributed by atoms with Gasteiger partial charge in [0.15, 0.2) is 0 Å². The third-order valence-electron chi connectivity index (χ3n) is 3.80. The van der Waals surface area contributed by atoms with E-state index in [-0.39, 0.29) is 41.6 Å². The van der Waals surface area contributed by atoms with Gasteiger partial charge in [-0.3, -0.25) is 4.79 Å². The Morgan fingerprint density at radius 3 is 2.61 bits per heavy atom. The molecule has 1 heterocycles. The zero-order valence-electron chi connectivity index (χ0n) is 14.7. The highest BCUT2D eigenvalue weighted by molar-refractivity contribution is 5.94. The van der Waals surface area contributed by atoms with Crippen molar-refractivity contribution < 1.29 is 27.6 Å². The summed E-state index contributed by atoms with van der Waals surface area (Å²) in [5.74, 6) is -1.73. The van der Waals surface area contributed by atoms with Gasteiger partial charge >= 0.3 is 5.97 Å². The van der Waals surface area contributed by atoms with E-state index in [4.69, 9.17) is 4.52 Å². The number of hydrogen-bond acceptors (Lipinski definition) is 6. The average molecular weight is 387 g/mol. The molecule has 2 aromatic carbocycles. The molecule has 7 nitrogen and oxygen atoms in total. The first-order chi connectivity index (χ1) is 13.5. The molecule has 0 bridgehead atoms. The van der Waals surface area contributed by atoms with E-state index < -0.39 is 17.7 Å². The molecule has 0 spiro atoms. The summed E-state index contributed by atoms with van der Waals surface area (Å²) in [6.45, 7) is 0. The van der Waals surface area contributed by atoms with Gasteiger partial charge in [-0.05, 0) is 42.5 Å².